The summed E-state index contributed by atoms with van der Waals surface area (Å²) in [5, 5.41) is 0. The molecule has 1 amide bonds. The number of benzene rings is 1. The Morgan fingerprint density at radius 2 is 1.79 bits per heavy atom. The smallest absolute Gasteiger partial charge is 0.421 e. The van der Waals surface area contributed by atoms with Crippen LogP contribution in [0.3, 0.4) is 0 Å². The third-order valence-electron chi connectivity index (χ3n) is 5.35. The Morgan fingerprint density at radius 3 is 2.32 bits per heavy atom. The first-order valence-corrected chi connectivity index (χ1v) is 10.2. The predicted octanol–water partition coefficient (Wildman–Crippen LogP) is 6.03. The molecule has 0 N–H and O–H groups in total. The molecule has 2 aliphatic rings. The minimum absolute atomic E-state index is 0.0165. The Bertz CT molecular complexity index is 729. The molecule has 1 aliphatic heterocycles. The number of carbonyl (C=O) groups is 1. The van der Waals surface area contributed by atoms with E-state index in [0.717, 1.165) is 12.8 Å². The van der Waals surface area contributed by atoms with Gasteiger partial charge in [0.2, 0.25) is 0 Å². The van der Waals surface area contributed by atoms with E-state index in [2.05, 4.69) is 15.9 Å². The second-order valence-electron chi connectivity index (χ2n) is 8.73. The van der Waals surface area contributed by atoms with Gasteiger partial charge in [-0.15, -0.1) is 0 Å². The molecule has 1 aliphatic carbocycles. The van der Waals surface area contributed by atoms with E-state index in [0.29, 0.717) is 25.9 Å². The highest BCUT2D eigenvalue weighted by atomic mass is 79.9. The zero-order valence-electron chi connectivity index (χ0n) is 16.2. The van der Waals surface area contributed by atoms with Crippen LogP contribution in [0.2, 0.25) is 0 Å². The number of hydrogen-bond acceptors (Lipinski definition) is 3. The van der Waals surface area contributed by atoms with Gasteiger partial charge in [-0.25, -0.2) is 4.79 Å². The summed E-state index contributed by atoms with van der Waals surface area (Å²) >= 11 is 2.97. The third-order valence-corrected chi connectivity index (χ3v) is 6.01. The Labute approximate surface area is 171 Å². The molecule has 0 radical (unpaired) electrons. The zero-order chi connectivity index (χ0) is 20.7. The highest BCUT2D eigenvalue weighted by molar-refractivity contribution is 9.10. The third kappa shape index (κ3) is 4.75. The Kier molecular flexibility index (Phi) is 5.64. The van der Waals surface area contributed by atoms with E-state index in [1.807, 2.05) is 20.8 Å². The molecule has 1 heterocycles. The van der Waals surface area contributed by atoms with Gasteiger partial charge >= 0.3 is 12.3 Å². The van der Waals surface area contributed by atoms with Crippen LogP contribution in [0.4, 0.5) is 18.0 Å². The second-order valence-corrected chi connectivity index (χ2v) is 9.58. The molecule has 1 spiro atoms. The summed E-state index contributed by atoms with van der Waals surface area (Å²) in [5.74, 6) is -0.132. The lowest BCUT2D eigenvalue weighted by molar-refractivity contribution is -0.141. The number of piperidine rings is 1. The molecule has 0 bridgehead atoms. The van der Waals surface area contributed by atoms with Crippen molar-refractivity contribution in [2.75, 3.05) is 13.1 Å². The number of nitrogens with zero attached hydrogens (tertiary/aromatic N) is 1. The lowest BCUT2D eigenvalue weighted by Crippen LogP contribution is -2.52. The Balaban J connectivity index is 1.55. The van der Waals surface area contributed by atoms with Crippen LogP contribution in [0.15, 0.2) is 22.7 Å². The highest BCUT2D eigenvalue weighted by Crippen LogP contribution is 2.51. The molecule has 4 nitrogen and oxygen atoms in total. The number of ether oxygens (including phenoxy) is 2. The first kappa shape index (κ1) is 21.3. The molecule has 8 heteroatoms. The summed E-state index contributed by atoms with van der Waals surface area (Å²) in [6, 6.07) is 4.27. The SMILES string of the molecule is CC(C)(C)OC(=O)N1CCC2(CC1)CC(Oc1cccc(Br)c1C(F)(F)F)C2. The van der Waals surface area contributed by atoms with Gasteiger partial charge in [0.15, 0.2) is 0 Å². The van der Waals surface area contributed by atoms with Gasteiger partial charge in [0.25, 0.3) is 0 Å². The molecule has 0 aromatic heterocycles. The molecular weight excluding hydrogens is 439 g/mol. The Hall–Kier alpha value is -1.44. The van der Waals surface area contributed by atoms with Crippen LogP contribution in [0.25, 0.3) is 0 Å². The first-order chi connectivity index (χ1) is 12.9. The minimum Gasteiger partial charge on any atom is -0.490 e. The summed E-state index contributed by atoms with van der Waals surface area (Å²) < 4.78 is 51.0. The maximum atomic E-state index is 13.3. The van der Waals surface area contributed by atoms with Crippen molar-refractivity contribution in [2.45, 2.75) is 64.3 Å². The average molecular weight is 464 g/mol. The number of hydrogen-bond donors (Lipinski definition) is 0. The quantitative estimate of drug-likeness (QED) is 0.537. The van der Waals surface area contributed by atoms with Gasteiger partial charge in [-0.3, -0.25) is 0 Å². The van der Waals surface area contributed by atoms with Crippen LogP contribution >= 0.6 is 15.9 Å². The van der Waals surface area contributed by atoms with E-state index < -0.39 is 17.3 Å². The van der Waals surface area contributed by atoms with E-state index in [1.54, 1.807) is 11.0 Å². The molecule has 156 valence electrons. The minimum atomic E-state index is -4.48. The summed E-state index contributed by atoms with van der Waals surface area (Å²) in [6.07, 6.45) is -1.97. The lowest BCUT2D eigenvalue weighted by Gasteiger charge is -2.51. The van der Waals surface area contributed by atoms with Crippen molar-refractivity contribution in [1.29, 1.82) is 0 Å². The molecule has 0 atom stereocenters. The molecule has 1 aromatic rings. The topological polar surface area (TPSA) is 38.8 Å². The average Bonchev–Trinajstić information content (AvgIpc) is 2.51. The van der Waals surface area contributed by atoms with Crippen molar-refractivity contribution < 1.29 is 27.4 Å². The van der Waals surface area contributed by atoms with Crippen LogP contribution < -0.4 is 4.74 Å². The van der Waals surface area contributed by atoms with Crippen LogP contribution in [-0.4, -0.2) is 35.8 Å². The van der Waals surface area contributed by atoms with Crippen LogP contribution in [0.1, 0.15) is 52.0 Å². The van der Waals surface area contributed by atoms with Crippen LogP contribution in [0, 0.1) is 5.41 Å². The van der Waals surface area contributed by atoms with E-state index in [9.17, 15) is 18.0 Å². The van der Waals surface area contributed by atoms with Gasteiger partial charge in [0.1, 0.15) is 16.9 Å². The summed E-state index contributed by atoms with van der Waals surface area (Å²) in [5.41, 5.74) is -1.24. The van der Waals surface area contributed by atoms with Gasteiger partial charge in [-0.05, 0) is 64.0 Å². The summed E-state index contributed by atoms with van der Waals surface area (Å²) in [7, 11) is 0. The molecule has 1 saturated carbocycles. The van der Waals surface area contributed by atoms with Crippen molar-refractivity contribution >= 4 is 22.0 Å². The van der Waals surface area contributed by atoms with Gasteiger partial charge < -0.3 is 14.4 Å². The van der Waals surface area contributed by atoms with Crippen molar-refractivity contribution in [2.24, 2.45) is 5.41 Å². The molecule has 1 aromatic carbocycles. The van der Waals surface area contributed by atoms with Gasteiger partial charge in [0, 0.05) is 17.6 Å². The van der Waals surface area contributed by atoms with Gasteiger partial charge in [0.05, 0.1) is 6.10 Å². The van der Waals surface area contributed by atoms with Crippen molar-refractivity contribution in [3.05, 3.63) is 28.2 Å². The lowest BCUT2D eigenvalue weighted by atomic mass is 9.61. The molecule has 2 fully saturated rings. The van der Waals surface area contributed by atoms with E-state index >= 15 is 0 Å². The Morgan fingerprint density at radius 1 is 1.18 bits per heavy atom. The maximum Gasteiger partial charge on any atom is 0.421 e. The normalized spacial score (nSPS) is 20.0. The number of rotatable bonds is 2. The molecule has 28 heavy (non-hydrogen) atoms. The van der Waals surface area contributed by atoms with Crippen molar-refractivity contribution in [1.82, 2.24) is 4.90 Å². The maximum absolute atomic E-state index is 13.3. The van der Waals surface area contributed by atoms with Gasteiger partial charge in [-0.1, -0.05) is 22.0 Å². The van der Waals surface area contributed by atoms with E-state index in [-0.39, 0.29) is 27.8 Å². The van der Waals surface area contributed by atoms with Crippen molar-refractivity contribution in [3.63, 3.8) is 0 Å². The van der Waals surface area contributed by atoms with Crippen LogP contribution in [-0.2, 0) is 10.9 Å². The molecular formula is C20H25BrF3NO3. The predicted molar refractivity (Wildman–Crippen MR) is 102 cm³/mol. The number of alkyl halides is 3. The standard InChI is InChI=1S/C20H25BrF3NO3/c1-18(2,3)28-17(26)25-9-7-19(8-10-25)11-13(12-19)27-15-6-4-5-14(21)16(15)20(22,23)24/h4-6,13H,7-12H2,1-3H3. The summed E-state index contributed by atoms with van der Waals surface area (Å²) in [6.45, 7) is 6.71. The number of amides is 1. The number of carbonyl (C=O) groups excluding carboxylic acids is 1. The zero-order valence-corrected chi connectivity index (χ0v) is 17.8. The molecule has 0 unspecified atom stereocenters. The largest absolute Gasteiger partial charge is 0.490 e. The monoisotopic (exact) mass is 463 g/mol. The van der Waals surface area contributed by atoms with Crippen LogP contribution in [0.5, 0.6) is 5.75 Å². The fraction of sp³-hybridized carbons (Fsp3) is 0.650. The number of halogens is 4. The summed E-state index contributed by atoms with van der Waals surface area (Å²) in [4.78, 5) is 13.9. The van der Waals surface area contributed by atoms with Gasteiger partial charge in [-0.2, -0.15) is 13.2 Å². The molecule has 3 rings (SSSR count). The van der Waals surface area contributed by atoms with E-state index in [4.69, 9.17) is 9.47 Å². The highest BCUT2D eigenvalue weighted by Gasteiger charge is 2.48. The fourth-order valence-electron chi connectivity index (χ4n) is 3.95. The first-order valence-electron chi connectivity index (χ1n) is 9.39. The van der Waals surface area contributed by atoms with Crippen molar-refractivity contribution in [3.8, 4) is 5.75 Å². The number of likely N-dealkylation sites (tertiary alicyclic amines) is 1. The van der Waals surface area contributed by atoms with E-state index in [1.165, 1.54) is 12.1 Å². The fourth-order valence-corrected chi connectivity index (χ4v) is 4.52. The molecule has 1 saturated heterocycles. The second kappa shape index (κ2) is 7.43.